The number of aromatic nitrogens is 5. The number of carbonyl (C=O) groups is 1. The van der Waals surface area contributed by atoms with E-state index in [2.05, 4.69) is 33.1 Å². The predicted octanol–water partition coefficient (Wildman–Crippen LogP) is 1.41. The van der Waals surface area contributed by atoms with Gasteiger partial charge in [0.05, 0.1) is 24.7 Å². The normalized spacial score (nSPS) is 16.0. The molecule has 1 aliphatic carbocycles. The fourth-order valence-corrected chi connectivity index (χ4v) is 5.11. The molecule has 184 valence electrons. The maximum absolute atomic E-state index is 13.1. The zero-order valence-electron chi connectivity index (χ0n) is 19.4. The number of rotatable bonds is 8. The zero-order valence-corrected chi connectivity index (χ0v) is 20.2. The quantitative estimate of drug-likeness (QED) is 0.349. The third-order valence-corrected chi connectivity index (χ3v) is 7.16. The largest absolute Gasteiger partial charge is 0.384 e. The molecule has 2 aromatic heterocycles. The third kappa shape index (κ3) is 4.50. The third-order valence-electron chi connectivity index (χ3n) is 6.23. The number of morpholine rings is 1. The molecule has 3 N–H and O–H groups in total. The number of nitrogen functional groups attached to an aromatic ring is 1. The topological polar surface area (TPSA) is 141 Å². The SMILES string of the molecule is CCc1ccccc1-n1c(SCC(=O)c2c(N)n(C3CC3)c(=O)[nH]c2=O)nnc1N1CCOCC1. The van der Waals surface area contributed by atoms with Crippen LogP contribution in [0.5, 0.6) is 0 Å². The van der Waals surface area contributed by atoms with Gasteiger partial charge in [-0.15, -0.1) is 10.2 Å². The van der Waals surface area contributed by atoms with Crippen LogP contribution in [-0.4, -0.2) is 62.2 Å². The molecule has 1 saturated heterocycles. The second-order valence-electron chi connectivity index (χ2n) is 8.53. The Morgan fingerprint density at radius 1 is 1.20 bits per heavy atom. The minimum absolute atomic E-state index is 0.0664. The molecule has 0 bridgehead atoms. The summed E-state index contributed by atoms with van der Waals surface area (Å²) in [6.07, 6.45) is 2.40. The molecule has 1 aromatic carbocycles. The fraction of sp³-hybridized carbons (Fsp3) is 0.435. The number of aryl methyl sites for hydroxylation is 1. The monoisotopic (exact) mass is 497 g/mol. The van der Waals surface area contributed by atoms with Crippen molar-refractivity contribution in [2.45, 2.75) is 37.4 Å². The molecular weight excluding hydrogens is 470 g/mol. The number of Topliss-reactive ketones (excluding diaryl/α,β-unsaturated/α-hetero) is 1. The first-order chi connectivity index (χ1) is 17.0. The van der Waals surface area contributed by atoms with Crippen LogP contribution in [-0.2, 0) is 11.2 Å². The first kappa shape index (κ1) is 23.4. The fourth-order valence-electron chi connectivity index (χ4n) is 4.30. The van der Waals surface area contributed by atoms with Crippen LogP contribution in [0.15, 0.2) is 39.0 Å². The van der Waals surface area contributed by atoms with Gasteiger partial charge in [0.1, 0.15) is 11.4 Å². The van der Waals surface area contributed by atoms with Crippen molar-refractivity contribution in [3.05, 3.63) is 56.2 Å². The molecule has 0 unspecified atom stereocenters. The van der Waals surface area contributed by atoms with Crippen molar-refractivity contribution in [1.82, 2.24) is 24.3 Å². The van der Waals surface area contributed by atoms with Gasteiger partial charge in [-0.25, -0.2) is 4.79 Å². The maximum atomic E-state index is 13.1. The number of thioether (sulfide) groups is 1. The molecular formula is C23H27N7O4S. The number of ether oxygens (including phenoxy) is 1. The van der Waals surface area contributed by atoms with Crippen LogP contribution in [0.1, 0.15) is 41.7 Å². The Labute approximate surface area is 205 Å². The van der Waals surface area contributed by atoms with Gasteiger partial charge >= 0.3 is 5.69 Å². The highest BCUT2D eigenvalue weighted by Crippen LogP contribution is 2.35. The van der Waals surface area contributed by atoms with E-state index in [0.29, 0.717) is 37.4 Å². The highest BCUT2D eigenvalue weighted by molar-refractivity contribution is 7.99. The van der Waals surface area contributed by atoms with E-state index in [1.54, 1.807) is 0 Å². The Hall–Kier alpha value is -3.38. The average Bonchev–Trinajstić information content (AvgIpc) is 3.60. The average molecular weight is 498 g/mol. The minimum Gasteiger partial charge on any atom is -0.384 e. The molecule has 3 aromatic rings. The molecule has 5 rings (SSSR count). The van der Waals surface area contributed by atoms with Crippen LogP contribution in [0.3, 0.4) is 0 Å². The van der Waals surface area contributed by atoms with E-state index in [-0.39, 0.29) is 23.2 Å². The van der Waals surface area contributed by atoms with Crippen molar-refractivity contribution in [2.24, 2.45) is 0 Å². The molecule has 2 aliphatic rings. The molecule has 12 heteroatoms. The van der Waals surface area contributed by atoms with E-state index < -0.39 is 17.0 Å². The van der Waals surface area contributed by atoms with E-state index in [9.17, 15) is 14.4 Å². The molecule has 1 saturated carbocycles. The number of hydrogen-bond donors (Lipinski definition) is 2. The van der Waals surface area contributed by atoms with E-state index in [1.807, 2.05) is 22.8 Å². The van der Waals surface area contributed by atoms with Crippen molar-refractivity contribution in [3.8, 4) is 5.69 Å². The number of carbonyl (C=O) groups excluding carboxylic acids is 1. The molecule has 3 heterocycles. The summed E-state index contributed by atoms with van der Waals surface area (Å²) >= 11 is 1.19. The number of hydrogen-bond acceptors (Lipinski definition) is 9. The number of para-hydroxylation sites is 1. The Balaban J connectivity index is 1.48. The van der Waals surface area contributed by atoms with Gasteiger partial charge in [-0.05, 0) is 30.9 Å². The summed E-state index contributed by atoms with van der Waals surface area (Å²) in [5, 5.41) is 9.37. The van der Waals surface area contributed by atoms with Gasteiger partial charge in [0.15, 0.2) is 10.9 Å². The standard InChI is InChI=1S/C23H27N7O4S/c1-2-14-5-3-4-6-16(14)30-21(28-9-11-34-12-10-28)26-27-23(30)35-13-17(31)18-19(24)29(15-7-8-15)22(33)25-20(18)32/h3-6,15H,2,7-13,24H2,1H3,(H,25,32,33). The molecule has 0 radical (unpaired) electrons. The van der Waals surface area contributed by atoms with Crippen molar-refractivity contribution in [1.29, 1.82) is 0 Å². The number of H-pyrrole nitrogens is 1. The first-order valence-electron chi connectivity index (χ1n) is 11.7. The Bertz CT molecular complexity index is 1370. The number of nitrogens with one attached hydrogen (secondary N) is 1. The van der Waals surface area contributed by atoms with Gasteiger partial charge in [0.25, 0.3) is 5.56 Å². The van der Waals surface area contributed by atoms with Crippen LogP contribution in [0.25, 0.3) is 5.69 Å². The summed E-state index contributed by atoms with van der Waals surface area (Å²) in [6.45, 7) is 4.65. The number of aromatic amines is 1. The molecule has 0 spiro atoms. The summed E-state index contributed by atoms with van der Waals surface area (Å²) < 4.78 is 8.76. The van der Waals surface area contributed by atoms with Gasteiger partial charge in [-0.3, -0.25) is 23.7 Å². The van der Waals surface area contributed by atoms with Crippen LogP contribution >= 0.6 is 11.8 Å². The van der Waals surface area contributed by atoms with Crippen LogP contribution < -0.4 is 21.9 Å². The van der Waals surface area contributed by atoms with E-state index in [4.69, 9.17) is 10.5 Å². The van der Waals surface area contributed by atoms with Crippen molar-refractivity contribution < 1.29 is 9.53 Å². The van der Waals surface area contributed by atoms with Crippen molar-refractivity contribution in [3.63, 3.8) is 0 Å². The minimum atomic E-state index is -0.762. The lowest BCUT2D eigenvalue weighted by molar-refractivity contribution is 0.102. The van der Waals surface area contributed by atoms with Crippen LogP contribution in [0.4, 0.5) is 11.8 Å². The number of anilines is 2. The maximum Gasteiger partial charge on any atom is 0.330 e. The molecule has 0 atom stereocenters. The first-order valence-corrected chi connectivity index (χ1v) is 12.6. The van der Waals surface area contributed by atoms with Gasteiger partial charge in [-0.1, -0.05) is 36.9 Å². The van der Waals surface area contributed by atoms with Gasteiger partial charge in [0, 0.05) is 19.1 Å². The van der Waals surface area contributed by atoms with Crippen LogP contribution in [0, 0.1) is 0 Å². The molecule has 2 fully saturated rings. The molecule has 11 nitrogen and oxygen atoms in total. The Kier molecular flexibility index (Phi) is 6.48. The van der Waals surface area contributed by atoms with E-state index >= 15 is 0 Å². The number of ketones is 1. The van der Waals surface area contributed by atoms with Crippen molar-refractivity contribution in [2.75, 3.05) is 42.7 Å². The second kappa shape index (κ2) is 9.70. The van der Waals surface area contributed by atoms with E-state index in [1.165, 1.54) is 16.3 Å². The van der Waals surface area contributed by atoms with Gasteiger partial charge in [0.2, 0.25) is 5.95 Å². The summed E-state index contributed by atoms with van der Waals surface area (Å²) in [5.41, 5.74) is 6.65. The molecule has 1 aliphatic heterocycles. The summed E-state index contributed by atoms with van der Waals surface area (Å²) in [5.74, 6) is 0.0722. The highest BCUT2D eigenvalue weighted by Gasteiger charge is 2.30. The zero-order chi connectivity index (χ0) is 24.5. The smallest absolute Gasteiger partial charge is 0.330 e. The van der Waals surface area contributed by atoms with Crippen LogP contribution in [0.2, 0.25) is 0 Å². The summed E-state index contributed by atoms with van der Waals surface area (Å²) in [4.78, 5) is 42.1. The highest BCUT2D eigenvalue weighted by atomic mass is 32.2. The molecule has 35 heavy (non-hydrogen) atoms. The summed E-state index contributed by atoms with van der Waals surface area (Å²) in [6, 6.07) is 7.94. The number of benzene rings is 1. The lowest BCUT2D eigenvalue weighted by atomic mass is 10.1. The Morgan fingerprint density at radius 3 is 2.66 bits per heavy atom. The van der Waals surface area contributed by atoms with Gasteiger partial charge in [-0.2, -0.15) is 0 Å². The van der Waals surface area contributed by atoms with E-state index in [0.717, 1.165) is 30.5 Å². The Morgan fingerprint density at radius 2 is 1.94 bits per heavy atom. The number of nitrogens with two attached hydrogens (primary N) is 1. The van der Waals surface area contributed by atoms with Gasteiger partial charge < -0.3 is 15.4 Å². The lowest BCUT2D eigenvalue weighted by Gasteiger charge is -2.28. The van der Waals surface area contributed by atoms with Crippen molar-refractivity contribution >= 4 is 29.3 Å². The summed E-state index contributed by atoms with van der Waals surface area (Å²) in [7, 11) is 0. The second-order valence-corrected chi connectivity index (χ2v) is 9.47. The molecule has 0 amide bonds. The predicted molar refractivity (Wildman–Crippen MR) is 133 cm³/mol. The number of nitrogens with zero attached hydrogens (tertiary/aromatic N) is 5. The lowest BCUT2D eigenvalue weighted by Crippen LogP contribution is -2.38.